The summed E-state index contributed by atoms with van der Waals surface area (Å²) in [5, 5.41) is 4.17. The molecule has 0 fully saturated rings. The Labute approximate surface area is 176 Å². The number of benzene rings is 1. The number of halogens is 1. The number of rotatable bonds is 6. The zero-order valence-corrected chi connectivity index (χ0v) is 18.3. The fourth-order valence-corrected chi connectivity index (χ4v) is 6.33. The monoisotopic (exact) mass is 459 g/mol. The van der Waals surface area contributed by atoms with Crippen LogP contribution in [0, 0.1) is 0 Å². The van der Waals surface area contributed by atoms with Gasteiger partial charge in [-0.2, -0.15) is 0 Å². The highest BCUT2D eigenvalue weighted by atomic mass is 35.5. The molecule has 2 aromatic rings. The van der Waals surface area contributed by atoms with Crippen LogP contribution >= 0.6 is 34.7 Å². The van der Waals surface area contributed by atoms with E-state index in [1.54, 1.807) is 12.1 Å². The molecule has 3 rings (SSSR count). The largest absolute Gasteiger partial charge is 0.399 e. The summed E-state index contributed by atoms with van der Waals surface area (Å²) in [6, 6.07) is 6.01. The van der Waals surface area contributed by atoms with Crippen molar-refractivity contribution < 1.29 is 18.0 Å². The number of carbonyl (C=O) groups is 1. The SMILES string of the molecule is CO/N=C1/CCCc2c(C(=O)NNS(=O)(=O)c3ccccc3Cl)sc(SC)c21. The zero-order chi connectivity index (χ0) is 20.3. The molecule has 0 atom stereocenters. The average Bonchev–Trinajstić information content (AvgIpc) is 3.06. The molecular weight excluding hydrogens is 442 g/mol. The molecule has 28 heavy (non-hydrogen) atoms. The first-order chi connectivity index (χ1) is 13.4. The van der Waals surface area contributed by atoms with Crippen molar-refractivity contribution in [3.63, 3.8) is 0 Å². The van der Waals surface area contributed by atoms with Crippen LogP contribution in [-0.2, 0) is 21.3 Å². The van der Waals surface area contributed by atoms with Gasteiger partial charge in [-0.3, -0.25) is 10.2 Å². The molecule has 150 valence electrons. The molecule has 0 radical (unpaired) electrons. The molecule has 0 saturated heterocycles. The van der Waals surface area contributed by atoms with E-state index in [-0.39, 0.29) is 9.92 Å². The van der Waals surface area contributed by atoms with E-state index in [1.807, 2.05) is 6.26 Å². The van der Waals surface area contributed by atoms with Crippen LogP contribution in [0.3, 0.4) is 0 Å². The van der Waals surface area contributed by atoms with Crippen molar-refractivity contribution in [1.82, 2.24) is 10.3 Å². The van der Waals surface area contributed by atoms with Crippen LogP contribution in [0.5, 0.6) is 0 Å². The normalized spacial score (nSPS) is 15.3. The summed E-state index contributed by atoms with van der Waals surface area (Å²) in [5.74, 6) is -0.518. The molecule has 0 saturated carbocycles. The van der Waals surface area contributed by atoms with Gasteiger partial charge in [-0.25, -0.2) is 8.42 Å². The number of carbonyl (C=O) groups excluding carboxylic acids is 1. The quantitative estimate of drug-likeness (QED) is 0.509. The minimum atomic E-state index is -3.99. The van der Waals surface area contributed by atoms with Crippen molar-refractivity contribution in [2.75, 3.05) is 13.4 Å². The Kier molecular flexibility index (Phi) is 6.66. The number of thioether (sulfide) groups is 1. The van der Waals surface area contributed by atoms with Gasteiger partial charge in [-0.1, -0.05) is 28.9 Å². The molecule has 1 aliphatic carbocycles. The van der Waals surface area contributed by atoms with Crippen molar-refractivity contribution in [2.45, 2.75) is 28.4 Å². The number of thiophene rings is 1. The van der Waals surface area contributed by atoms with E-state index in [2.05, 4.69) is 15.4 Å². The van der Waals surface area contributed by atoms with E-state index >= 15 is 0 Å². The molecule has 0 spiro atoms. The smallest absolute Gasteiger partial charge is 0.276 e. The molecule has 1 aliphatic rings. The molecule has 1 amide bonds. The molecule has 0 aliphatic heterocycles. The summed E-state index contributed by atoms with van der Waals surface area (Å²) in [4.78, 5) is 20.1. The maximum Gasteiger partial charge on any atom is 0.276 e. The number of nitrogens with zero attached hydrogens (tertiary/aromatic N) is 1. The Morgan fingerprint density at radius 1 is 1.32 bits per heavy atom. The lowest BCUT2D eigenvalue weighted by atomic mass is 9.92. The van der Waals surface area contributed by atoms with E-state index in [1.165, 1.54) is 42.3 Å². The lowest BCUT2D eigenvalue weighted by molar-refractivity contribution is 0.0948. The first-order valence-corrected chi connectivity index (χ1v) is 12.2. The van der Waals surface area contributed by atoms with Crippen molar-refractivity contribution in [2.24, 2.45) is 5.16 Å². The van der Waals surface area contributed by atoms with Gasteiger partial charge in [-0.15, -0.1) is 27.9 Å². The number of hydrogen-bond acceptors (Lipinski definition) is 7. The first-order valence-electron chi connectivity index (χ1n) is 8.25. The Balaban J connectivity index is 1.86. The van der Waals surface area contributed by atoms with Gasteiger partial charge in [0.2, 0.25) is 0 Å². The fourth-order valence-electron chi connectivity index (χ4n) is 2.95. The van der Waals surface area contributed by atoms with E-state index in [4.69, 9.17) is 16.4 Å². The Bertz CT molecular complexity index is 1030. The Morgan fingerprint density at radius 2 is 2.07 bits per heavy atom. The highest BCUT2D eigenvalue weighted by Crippen LogP contribution is 2.39. The van der Waals surface area contributed by atoms with Crippen molar-refractivity contribution >= 4 is 56.3 Å². The summed E-state index contributed by atoms with van der Waals surface area (Å²) in [6.07, 6.45) is 4.25. The second-order valence-electron chi connectivity index (χ2n) is 5.84. The average molecular weight is 460 g/mol. The predicted octanol–water partition coefficient (Wildman–Crippen LogP) is 3.43. The number of hydrogen-bond donors (Lipinski definition) is 2. The standard InChI is InChI=1S/C17H18ClN3O4S3/c1-25-20-12-8-5-6-10-14(12)17(26-2)27-15(10)16(22)19-21-28(23,24)13-9-4-3-7-11(13)18/h3-4,7,9,21H,5-6,8H2,1-2H3,(H,19,22)/b20-12-. The van der Waals surface area contributed by atoms with Crippen LogP contribution in [0.2, 0.25) is 5.02 Å². The van der Waals surface area contributed by atoms with Gasteiger partial charge in [-0.05, 0) is 43.2 Å². The van der Waals surface area contributed by atoms with Crippen LogP contribution in [-0.4, -0.2) is 33.4 Å². The molecule has 0 bridgehead atoms. The van der Waals surface area contributed by atoms with Crippen molar-refractivity contribution in [3.8, 4) is 0 Å². The van der Waals surface area contributed by atoms with E-state index in [9.17, 15) is 13.2 Å². The number of amides is 1. The molecule has 1 aromatic heterocycles. The number of sulfonamides is 1. The maximum absolute atomic E-state index is 12.7. The number of oxime groups is 1. The fraction of sp³-hybridized carbons (Fsp3) is 0.294. The van der Waals surface area contributed by atoms with E-state index < -0.39 is 15.9 Å². The van der Waals surface area contributed by atoms with Crippen molar-refractivity contribution in [3.05, 3.63) is 45.3 Å². The highest BCUT2D eigenvalue weighted by molar-refractivity contribution is 8.00. The summed E-state index contributed by atoms with van der Waals surface area (Å²) in [5.41, 5.74) is 4.89. The van der Waals surface area contributed by atoms with Gasteiger partial charge in [0.05, 0.1) is 19.8 Å². The van der Waals surface area contributed by atoms with Crippen LogP contribution < -0.4 is 10.3 Å². The second kappa shape index (κ2) is 8.83. The summed E-state index contributed by atoms with van der Waals surface area (Å²) in [6.45, 7) is 0. The molecule has 2 N–H and O–H groups in total. The lowest BCUT2D eigenvalue weighted by Crippen LogP contribution is -2.41. The number of hydrazine groups is 1. The van der Waals surface area contributed by atoms with Crippen molar-refractivity contribution in [1.29, 1.82) is 0 Å². The summed E-state index contributed by atoms with van der Waals surface area (Å²) < 4.78 is 25.8. The van der Waals surface area contributed by atoms with Gasteiger partial charge in [0, 0.05) is 5.56 Å². The van der Waals surface area contributed by atoms with Crippen LogP contribution in [0.4, 0.5) is 0 Å². The molecule has 11 heteroatoms. The lowest BCUT2D eigenvalue weighted by Gasteiger charge is -2.16. The number of nitrogens with one attached hydrogen (secondary N) is 2. The van der Waals surface area contributed by atoms with Gasteiger partial charge in [0.15, 0.2) is 0 Å². The van der Waals surface area contributed by atoms with Gasteiger partial charge in [0.1, 0.15) is 12.0 Å². The maximum atomic E-state index is 12.7. The van der Waals surface area contributed by atoms with Gasteiger partial charge < -0.3 is 4.84 Å². The molecule has 1 aromatic carbocycles. The third-order valence-electron chi connectivity index (χ3n) is 4.12. The van der Waals surface area contributed by atoms with Crippen LogP contribution in [0.15, 0.2) is 38.5 Å². The molecule has 0 unspecified atom stereocenters. The second-order valence-corrected chi connectivity index (χ2v) is 9.99. The van der Waals surface area contributed by atoms with Gasteiger partial charge >= 0.3 is 0 Å². The Hall–Kier alpha value is -1.59. The third kappa shape index (κ3) is 4.20. The zero-order valence-electron chi connectivity index (χ0n) is 15.1. The predicted molar refractivity (Wildman–Crippen MR) is 112 cm³/mol. The van der Waals surface area contributed by atoms with E-state index in [0.717, 1.165) is 40.3 Å². The minimum Gasteiger partial charge on any atom is -0.399 e. The highest BCUT2D eigenvalue weighted by Gasteiger charge is 2.29. The summed E-state index contributed by atoms with van der Waals surface area (Å²) in [7, 11) is -2.50. The third-order valence-corrected chi connectivity index (χ3v) is 8.22. The molecule has 1 heterocycles. The topological polar surface area (TPSA) is 96.9 Å². The van der Waals surface area contributed by atoms with Gasteiger partial charge in [0.25, 0.3) is 15.9 Å². The minimum absolute atomic E-state index is 0.0721. The van der Waals surface area contributed by atoms with Crippen LogP contribution in [0.1, 0.15) is 33.6 Å². The van der Waals surface area contributed by atoms with Crippen LogP contribution in [0.25, 0.3) is 0 Å². The van der Waals surface area contributed by atoms with E-state index in [0.29, 0.717) is 4.88 Å². The molecule has 7 nitrogen and oxygen atoms in total. The summed E-state index contributed by atoms with van der Waals surface area (Å²) >= 11 is 8.78. The first kappa shape index (κ1) is 21.1. The Morgan fingerprint density at radius 3 is 2.75 bits per heavy atom. The molecular formula is C17H18ClN3O4S3. The number of fused-ring (bicyclic) bond motifs is 1.